The molecule has 1 aliphatic heterocycles. The zero-order chi connectivity index (χ0) is 17.7. The zero-order valence-electron chi connectivity index (χ0n) is 13.0. The highest BCUT2D eigenvalue weighted by atomic mass is 16.8. The minimum absolute atomic E-state index is 0.0444. The van der Waals surface area contributed by atoms with E-state index in [0.29, 0.717) is 0 Å². The molecule has 2 rings (SSSR count). The van der Waals surface area contributed by atoms with Crippen LogP contribution < -0.4 is 0 Å². The molecule has 8 heteroatoms. The average molecular weight is 340 g/mol. The minimum Gasteiger partial charge on any atom is -0.510 e. The zero-order valence-corrected chi connectivity index (χ0v) is 13.0. The standard InChI is InChI=1S/C16H20O8/c1-2-10(17)14-12(19)11(18)13(20)15(23-14)24-16(21)22-8-9-6-4-3-5-7-9/h2-7,11-15,17-20H,8H2,1H3/t11-,12-,13+,14+,15-/m0/s1. The maximum absolute atomic E-state index is 11.7. The second-order valence-electron chi connectivity index (χ2n) is 5.25. The lowest BCUT2D eigenvalue weighted by atomic mass is 9.97. The summed E-state index contributed by atoms with van der Waals surface area (Å²) >= 11 is 0. The summed E-state index contributed by atoms with van der Waals surface area (Å²) in [5.41, 5.74) is 0.736. The second kappa shape index (κ2) is 8.11. The van der Waals surface area contributed by atoms with Gasteiger partial charge < -0.3 is 34.6 Å². The van der Waals surface area contributed by atoms with Crippen molar-refractivity contribution in [3.05, 3.63) is 47.7 Å². The van der Waals surface area contributed by atoms with Gasteiger partial charge in [-0.15, -0.1) is 0 Å². The van der Waals surface area contributed by atoms with Gasteiger partial charge in [0.25, 0.3) is 0 Å². The SMILES string of the molecule is CC=C(O)[C@H]1O[C@@H](OC(=O)OCc2ccccc2)[C@H](O)[C@@H](O)[C@@H]1O. The van der Waals surface area contributed by atoms with Gasteiger partial charge in [0.1, 0.15) is 36.8 Å². The number of hydrogen-bond acceptors (Lipinski definition) is 8. The molecule has 0 spiro atoms. The van der Waals surface area contributed by atoms with Gasteiger partial charge in [-0.05, 0) is 18.6 Å². The molecule has 0 saturated carbocycles. The third kappa shape index (κ3) is 4.24. The Morgan fingerprint density at radius 2 is 1.83 bits per heavy atom. The number of aliphatic hydroxyl groups excluding tert-OH is 4. The fraction of sp³-hybridized carbons (Fsp3) is 0.438. The molecule has 132 valence electrons. The molecule has 0 aromatic heterocycles. The van der Waals surface area contributed by atoms with Crippen LogP contribution in [-0.2, 0) is 20.8 Å². The van der Waals surface area contributed by atoms with Crippen LogP contribution in [0.4, 0.5) is 4.79 Å². The van der Waals surface area contributed by atoms with Crippen LogP contribution >= 0.6 is 0 Å². The third-order valence-electron chi connectivity index (χ3n) is 3.57. The number of hydrogen-bond donors (Lipinski definition) is 4. The van der Waals surface area contributed by atoms with Crippen molar-refractivity contribution in [2.45, 2.75) is 44.2 Å². The van der Waals surface area contributed by atoms with Crippen molar-refractivity contribution in [3.63, 3.8) is 0 Å². The lowest BCUT2D eigenvalue weighted by molar-refractivity contribution is -0.280. The summed E-state index contributed by atoms with van der Waals surface area (Å²) in [4.78, 5) is 11.7. The predicted molar refractivity (Wildman–Crippen MR) is 80.8 cm³/mol. The van der Waals surface area contributed by atoms with Crippen LogP contribution in [0.2, 0.25) is 0 Å². The number of carbonyl (C=O) groups excluding carboxylic acids is 1. The highest BCUT2D eigenvalue weighted by molar-refractivity contribution is 5.60. The highest BCUT2D eigenvalue weighted by Crippen LogP contribution is 2.25. The van der Waals surface area contributed by atoms with Gasteiger partial charge in [0.15, 0.2) is 0 Å². The van der Waals surface area contributed by atoms with Crippen molar-refractivity contribution >= 4 is 6.16 Å². The first-order chi connectivity index (χ1) is 11.4. The van der Waals surface area contributed by atoms with Crippen LogP contribution in [0.15, 0.2) is 42.2 Å². The Labute approximate surface area is 138 Å². The van der Waals surface area contributed by atoms with Crippen LogP contribution in [0, 0.1) is 0 Å². The quantitative estimate of drug-likeness (QED) is 0.464. The largest absolute Gasteiger partial charge is 0.511 e. The number of rotatable bonds is 4. The maximum Gasteiger partial charge on any atom is 0.511 e. The molecule has 0 unspecified atom stereocenters. The Bertz CT molecular complexity index is 573. The molecule has 24 heavy (non-hydrogen) atoms. The molecule has 1 aromatic carbocycles. The molecule has 5 atom stereocenters. The van der Waals surface area contributed by atoms with E-state index in [9.17, 15) is 25.2 Å². The first-order valence-corrected chi connectivity index (χ1v) is 7.36. The third-order valence-corrected chi connectivity index (χ3v) is 3.57. The minimum atomic E-state index is -1.69. The van der Waals surface area contributed by atoms with Crippen molar-refractivity contribution in [2.75, 3.05) is 0 Å². The van der Waals surface area contributed by atoms with E-state index in [2.05, 4.69) is 0 Å². The van der Waals surface area contributed by atoms with Gasteiger partial charge in [-0.25, -0.2) is 4.79 Å². The van der Waals surface area contributed by atoms with Crippen LogP contribution in [0.5, 0.6) is 0 Å². The van der Waals surface area contributed by atoms with Gasteiger partial charge in [0, 0.05) is 0 Å². The molecular weight excluding hydrogens is 320 g/mol. The first-order valence-electron chi connectivity index (χ1n) is 7.36. The van der Waals surface area contributed by atoms with Gasteiger partial charge >= 0.3 is 6.16 Å². The summed E-state index contributed by atoms with van der Waals surface area (Å²) < 4.78 is 14.9. The molecule has 0 radical (unpaired) electrons. The summed E-state index contributed by atoms with van der Waals surface area (Å²) in [6, 6.07) is 8.87. The second-order valence-corrected chi connectivity index (χ2v) is 5.25. The number of aliphatic hydroxyl groups is 4. The topological polar surface area (TPSA) is 126 Å². The number of allylic oxidation sites excluding steroid dienone is 1. The summed E-state index contributed by atoms with van der Waals surface area (Å²) in [6.45, 7) is 1.45. The lowest BCUT2D eigenvalue weighted by Crippen LogP contribution is -2.59. The molecular formula is C16H20O8. The predicted octanol–water partition coefficient (Wildman–Crippen LogP) is 0.609. The molecule has 1 saturated heterocycles. The molecule has 0 bridgehead atoms. The fourth-order valence-corrected chi connectivity index (χ4v) is 2.20. The monoisotopic (exact) mass is 340 g/mol. The molecule has 1 fully saturated rings. The Balaban J connectivity index is 1.95. The van der Waals surface area contributed by atoms with Crippen molar-refractivity contribution in [1.82, 2.24) is 0 Å². The summed E-state index contributed by atoms with van der Waals surface area (Å²) in [5.74, 6) is -0.361. The Kier molecular flexibility index (Phi) is 6.16. The van der Waals surface area contributed by atoms with Crippen LogP contribution in [-0.4, -0.2) is 57.3 Å². The molecule has 0 aliphatic carbocycles. The van der Waals surface area contributed by atoms with Gasteiger partial charge in [0.2, 0.25) is 6.29 Å². The van der Waals surface area contributed by atoms with E-state index in [1.54, 1.807) is 24.3 Å². The van der Waals surface area contributed by atoms with Crippen LogP contribution in [0.25, 0.3) is 0 Å². The summed E-state index contributed by atoms with van der Waals surface area (Å²) in [5, 5.41) is 39.1. The van der Waals surface area contributed by atoms with E-state index in [1.165, 1.54) is 13.0 Å². The maximum atomic E-state index is 11.7. The van der Waals surface area contributed by atoms with Crippen LogP contribution in [0.3, 0.4) is 0 Å². The molecule has 1 heterocycles. The Morgan fingerprint density at radius 1 is 1.17 bits per heavy atom. The first kappa shape index (κ1) is 18.2. The van der Waals surface area contributed by atoms with E-state index in [-0.39, 0.29) is 12.4 Å². The molecule has 1 aliphatic rings. The summed E-state index contributed by atoms with van der Waals surface area (Å²) in [6.07, 6.45) is -7.73. The van der Waals surface area contributed by atoms with Crippen molar-refractivity contribution in [1.29, 1.82) is 0 Å². The molecule has 8 nitrogen and oxygen atoms in total. The number of benzene rings is 1. The van der Waals surface area contributed by atoms with Crippen molar-refractivity contribution in [3.8, 4) is 0 Å². The van der Waals surface area contributed by atoms with E-state index in [4.69, 9.17) is 14.2 Å². The molecule has 4 N–H and O–H groups in total. The van der Waals surface area contributed by atoms with Gasteiger partial charge in [-0.3, -0.25) is 0 Å². The molecule has 0 amide bonds. The van der Waals surface area contributed by atoms with Gasteiger partial charge in [0.05, 0.1) is 0 Å². The van der Waals surface area contributed by atoms with E-state index in [0.717, 1.165) is 5.56 Å². The fourth-order valence-electron chi connectivity index (χ4n) is 2.20. The molecule has 1 aromatic rings. The average Bonchev–Trinajstić information content (AvgIpc) is 2.60. The van der Waals surface area contributed by atoms with E-state index >= 15 is 0 Å². The van der Waals surface area contributed by atoms with Gasteiger partial charge in [-0.1, -0.05) is 30.3 Å². The lowest BCUT2D eigenvalue weighted by Gasteiger charge is -2.39. The smallest absolute Gasteiger partial charge is 0.510 e. The highest BCUT2D eigenvalue weighted by Gasteiger charge is 2.47. The van der Waals surface area contributed by atoms with Crippen molar-refractivity contribution in [2.24, 2.45) is 0 Å². The Morgan fingerprint density at radius 3 is 2.46 bits per heavy atom. The summed E-state index contributed by atoms with van der Waals surface area (Å²) in [7, 11) is 0. The normalized spacial score (nSPS) is 30.7. The van der Waals surface area contributed by atoms with Crippen molar-refractivity contribution < 1.29 is 39.4 Å². The van der Waals surface area contributed by atoms with E-state index < -0.39 is 36.9 Å². The van der Waals surface area contributed by atoms with E-state index in [1.807, 2.05) is 6.07 Å². The van der Waals surface area contributed by atoms with Gasteiger partial charge in [-0.2, -0.15) is 0 Å². The number of ether oxygens (including phenoxy) is 3. The van der Waals surface area contributed by atoms with Crippen LogP contribution in [0.1, 0.15) is 12.5 Å². The Hall–Kier alpha value is -2.13. The number of carbonyl (C=O) groups is 1.